The van der Waals surface area contributed by atoms with Crippen LogP contribution in [-0.4, -0.2) is 138 Å². The topological polar surface area (TPSA) is 243 Å². The number of likely N-dealkylation sites (tertiary alicyclic amines) is 1. The summed E-state index contributed by atoms with van der Waals surface area (Å²) in [6.07, 6.45) is 3.99. The molecule has 3 heterocycles. The smallest absolute Gasteiger partial charge is 0.416 e. The zero-order valence-electron chi connectivity index (χ0n) is 37.8. The van der Waals surface area contributed by atoms with E-state index in [4.69, 9.17) is 28.4 Å². The largest absolute Gasteiger partial charge is 0.493 e. The van der Waals surface area contributed by atoms with Crippen LogP contribution >= 0.6 is 0 Å². The second-order valence-electron chi connectivity index (χ2n) is 15.8. The van der Waals surface area contributed by atoms with Gasteiger partial charge in [-0.25, -0.2) is 14.5 Å². The quantitative estimate of drug-likeness (QED) is 0.0843. The van der Waals surface area contributed by atoms with Crippen molar-refractivity contribution in [1.82, 2.24) is 9.80 Å². The van der Waals surface area contributed by atoms with Gasteiger partial charge in [-0.15, -0.1) is 0 Å². The molecule has 0 bridgehead atoms. The molecule has 2 aromatic carbocycles. The number of ether oxygens (including phenoxy) is 6. The molecule has 358 valence electrons. The highest BCUT2D eigenvalue weighted by Gasteiger charge is 2.54. The van der Waals surface area contributed by atoms with Crippen molar-refractivity contribution in [3.63, 3.8) is 0 Å². The monoisotopic (exact) mass is 912 g/mol. The van der Waals surface area contributed by atoms with Gasteiger partial charge in [-0.2, -0.15) is 0 Å². The second-order valence-corrected chi connectivity index (χ2v) is 15.8. The summed E-state index contributed by atoms with van der Waals surface area (Å²) in [5.74, 6) is 0.752. The molecule has 3 aliphatic rings. The number of aliphatic hydroxyl groups is 4. The number of piperidine rings is 2. The molecule has 0 saturated carbocycles. The van der Waals surface area contributed by atoms with Gasteiger partial charge in [0, 0.05) is 49.7 Å². The third-order valence-corrected chi connectivity index (χ3v) is 11.1. The summed E-state index contributed by atoms with van der Waals surface area (Å²) in [5.41, 5.74) is -1.22. The lowest BCUT2D eigenvalue weighted by Crippen LogP contribution is -2.65. The number of nitrogens with one attached hydrogen (secondary N) is 1. The predicted octanol–water partition coefficient (Wildman–Crippen LogP) is 5.23. The van der Waals surface area contributed by atoms with Gasteiger partial charge in [0.25, 0.3) is 5.91 Å². The lowest BCUT2D eigenvalue weighted by Gasteiger charge is -2.45. The zero-order chi connectivity index (χ0) is 47.7. The summed E-state index contributed by atoms with van der Waals surface area (Å²) in [7, 11) is 2.89. The molecule has 0 aliphatic carbocycles. The molecular formula is C46H64N4O15. The number of carbonyl (C=O) groups is 5. The van der Waals surface area contributed by atoms with E-state index in [0.717, 1.165) is 24.2 Å². The number of fused-ring (bicyclic) bond motifs is 2. The number of nitrogens with zero attached hydrogens (tertiary/aromatic N) is 3. The van der Waals surface area contributed by atoms with E-state index < -0.39 is 36.3 Å². The van der Waals surface area contributed by atoms with Crippen molar-refractivity contribution >= 4 is 41.0 Å². The van der Waals surface area contributed by atoms with Crippen LogP contribution in [0.4, 0.5) is 21.0 Å². The molecule has 2 fully saturated rings. The zero-order valence-corrected chi connectivity index (χ0v) is 37.8. The Hall–Kier alpha value is -5.73. The SMILES string of the molecule is C=CCOC(=O)N1c2cc(OCCCC(C)=O)c(OC)cc2C(=O)N2CCCC[C@@]2(O)C1O.C=CCOC(=O)Nc1cc(OCCCC(C)=O)c(OC)cc1C(O)N1CCCC[C@H]1CO. The summed E-state index contributed by atoms with van der Waals surface area (Å²) in [6.45, 7) is 11.2. The van der Waals surface area contributed by atoms with Crippen LogP contribution in [0.3, 0.4) is 0 Å². The maximum atomic E-state index is 13.4. The van der Waals surface area contributed by atoms with Gasteiger partial charge in [0.2, 0.25) is 0 Å². The van der Waals surface area contributed by atoms with E-state index >= 15 is 0 Å². The van der Waals surface area contributed by atoms with Crippen molar-refractivity contribution in [3.8, 4) is 23.0 Å². The number of rotatable bonds is 20. The number of hydrogen-bond acceptors (Lipinski definition) is 16. The Morgan fingerprint density at radius 1 is 0.862 bits per heavy atom. The number of methoxy groups -OCH3 is 2. The Kier molecular flexibility index (Phi) is 20.0. The molecule has 19 heteroatoms. The summed E-state index contributed by atoms with van der Waals surface area (Å²) in [5, 5.41) is 46.1. The van der Waals surface area contributed by atoms with E-state index in [1.807, 2.05) is 4.90 Å². The fraction of sp³-hybridized carbons (Fsp3) is 0.543. The van der Waals surface area contributed by atoms with E-state index in [2.05, 4.69) is 18.5 Å². The van der Waals surface area contributed by atoms with Crippen LogP contribution in [0.25, 0.3) is 0 Å². The van der Waals surface area contributed by atoms with Gasteiger partial charge in [-0.1, -0.05) is 31.7 Å². The first-order valence-electron chi connectivity index (χ1n) is 21.7. The first-order valence-corrected chi connectivity index (χ1v) is 21.7. The van der Waals surface area contributed by atoms with Crippen LogP contribution in [0.5, 0.6) is 23.0 Å². The van der Waals surface area contributed by atoms with E-state index in [1.165, 1.54) is 57.3 Å². The summed E-state index contributed by atoms with van der Waals surface area (Å²) >= 11 is 0. The molecular weight excluding hydrogens is 849 g/mol. The molecule has 0 radical (unpaired) electrons. The summed E-state index contributed by atoms with van der Waals surface area (Å²) in [4.78, 5) is 64.8. The number of benzene rings is 2. The maximum absolute atomic E-state index is 13.4. The van der Waals surface area contributed by atoms with E-state index in [0.29, 0.717) is 67.8 Å². The molecule has 4 atom stereocenters. The average Bonchev–Trinajstić information content (AvgIpc) is 3.36. The van der Waals surface area contributed by atoms with Crippen molar-refractivity contribution in [2.45, 2.75) is 102 Å². The Balaban J connectivity index is 0.000000285. The molecule has 3 aliphatic heterocycles. The number of anilines is 2. The Morgan fingerprint density at radius 3 is 2.06 bits per heavy atom. The predicted molar refractivity (Wildman–Crippen MR) is 238 cm³/mol. The standard InChI is InChI=1S/C23H30N2O8.C23H34N2O7/c1-4-11-33-22(29)25-17-14-19(32-12-7-8-15(2)26)18(31-3)13-16(17)20(27)24-10-6-5-9-23(24,30)21(25)28;1-4-11-32-23(29)24-19-14-21(31-12-7-8-16(2)27)20(30-3)13-18(19)22(28)25-10-6-5-9-17(25)15-26/h4,13-14,21,28,30H,1,5-12H2,2-3H3;4,13-14,17,22,26,28H,1,5-12,15H2,2-3H3,(H,24,29)/t21?,23-;17-,22?/m10/s1. The van der Waals surface area contributed by atoms with E-state index in [-0.39, 0.29) is 86.4 Å². The minimum atomic E-state index is -1.99. The number of hydrogen-bond donors (Lipinski definition) is 5. The minimum Gasteiger partial charge on any atom is -0.493 e. The van der Waals surface area contributed by atoms with Gasteiger partial charge < -0.3 is 63.3 Å². The first kappa shape index (κ1) is 51.9. The number of amides is 3. The molecule has 2 aromatic rings. The summed E-state index contributed by atoms with van der Waals surface area (Å²) in [6, 6.07) is 5.81. The van der Waals surface area contributed by atoms with Crippen LogP contribution in [0, 0.1) is 0 Å². The van der Waals surface area contributed by atoms with Crippen molar-refractivity contribution in [2.75, 3.05) is 70.6 Å². The van der Waals surface area contributed by atoms with Gasteiger partial charge in [-0.3, -0.25) is 15.0 Å². The van der Waals surface area contributed by atoms with Crippen LogP contribution in [0.2, 0.25) is 0 Å². The number of ketones is 2. The van der Waals surface area contributed by atoms with E-state index in [9.17, 15) is 44.4 Å². The maximum Gasteiger partial charge on any atom is 0.416 e. The van der Waals surface area contributed by atoms with Gasteiger partial charge in [0.1, 0.15) is 31.0 Å². The molecule has 65 heavy (non-hydrogen) atoms. The molecule has 2 saturated heterocycles. The lowest BCUT2D eigenvalue weighted by molar-refractivity contribution is -0.174. The third-order valence-electron chi connectivity index (χ3n) is 11.1. The molecule has 3 amide bonds. The second kappa shape index (κ2) is 25.1. The first-order chi connectivity index (χ1) is 31.1. The van der Waals surface area contributed by atoms with Crippen molar-refractivity contribution < 1.29 is 72.8 Å². The van der Waals surface area contributed by atoms with Gasteiger partial charge in [-0.05, 0) is 70.9 Å². The average molecular weight is 913 g/mol. The van der Waals surface area contributed by atoms with Gasteiger partial charge in [0.05, 0.1) is 51.0 Å². The summed E-state index contributed by atoms with van der Waals surface area (Å²) < 4.78 is 32.6. The van der Waals surface area contributed by atoms with Gasteiger partial charge in [0.15, 0.2) is 35.0 Å². The van der Waals surface area contributed by atoms with Gasteiger partial charge >= 0.3 is 12.2 Å². The number of aliphatic hydroxyl groups excluding tert-OH is 3. The molecule has 2 unspecified atom stereocenters. The Labute approximate surface area is 379 Å². The lowest BCUT2D eigenvalue weighted by atomic mass is 9.96. The van der Waals surface area contributed by atoms with Crippen LogP contribution in [0.15, 0.2) is 49.6 Å². The van der Waals surface area contributed by atoms with Crippen LogP contribution < -0.4 is 29.2 Å². The van der Waals surface area contributed by atoms with Crippen LogP contribution in [-0.2, 0) is 19.1 Å². The molecule has 0 spiro atoms. The Morgan fingerprint density at radius 2 is 1.46 bits per heavy atom. The highest BCUT2D eigenvalue weighted by molar-refractivity contribution is 6.06. The normalized spacial score (nSPS) is 19.7. The number of Topliss-reactive ketones (excluding diaryl/α,β-unsaturated/α-hetero) is 2. The molecule has 0 aromatic heterocycles. The van der Waals surface area contributed by atoms with Crippen molar-refractivity contribution in [1.29, 1.82) is 0 Å². The minimum absolute atomic E-state index is 0.0201. The fourth-order valence-electron chi connectivity index (χ4n) is 7.78. The Bertz CT molecular complexity index is 2000. The van der Waals surface area contributed by atoms with Crippen LogP contribution in [0.1, 0.15) is 100 Å². The van der Waals surface area contributed by atoms with Crippen molar-refractivity contribution in [3.05, 3.63) is 60.7 Å². The third kappa shape index (κ3) is 13.4. The highest BCUT2D eigenvalue weighted by atomic mass is 16.6. The van der Waals surface area contributed by atoms with E-state index in [1.54, 1.807) is 12.1 Å². The number of carbonyl (C=O) groups excluding carboxylic acids is 5. The molecule has 5 N–H and O–H groups in total. The van der Waals surface area contributed by atoms with Crippen molar-refractivity contribution in [2.24, 2.45) is 0 Å². The molecule has 5 rings (SSSR count). The highest BCUT2D eigenvalue weighted by Crippen LogP contribution is 2.44. The fourth-order valence-corrected chi connectivity index (χ4v) is 7.78. The molecule has 19 nitrogen and oxygen atoms in total.